The molecule has 0 aliphatic carbocycles. The highest BCUT2D eigenvalue weighted by atomic mass is 16.5. The standard InChI is InChI=1S/C18H34O3/c1-16-12-11-13-18(2,3)21-15-10-8-6-4-5-7-9-14-20-17(16)19/h16H,4-15H2,1-3H3. The fourth-order valence-electron chi connectivity index (χ4n) is 2.78. The summed E-state index contributed by atoms with van der Waals surface area (Å²) >= 11 is 0. The van der Waals surface area contributed by atoms with Gasteiger partial charge in [-0.1, -0.05) is 39.0 Å². The van der Waals surface area contributed by atoms with Crippen LogP contribution in [0.4, 0.5) is 0 Å². The van der Waals surface area contributed by atoms with Crippen molar-refractivity contribution in [3.63, 3.8) is 0 Å². The van der Waals surface area contributed by atoms with Crippen molar-refractivity contribution >= 4 is 5.97 Å². The predicted octanol–water partition coefficient (Wildman–Crippen LogP) is 4.88. The van der Waals surface area contributed by atoms with E-state index in [1.807, 2.05) is 6.92 Å². The maximum Gasteiger partial charge on any atom is 0.308 e. The van der Waals surface area contributed by atoms with E-state index >= 15 is 0 Å². The van der Waals surface area contributed by atoms with Crippen LogP contribution in [0.2, 0.25) is 0 Å². The van der Waals surface area contributed by atoms with E-state index in [9.17, 15) is 4.79 Å². The molecule has 1 unspecified atom stereocenters. The van der Waals surface area contributed by atoms with Crippen LogP contribution >= 0.6 is 0 Å². The zero-order valence-corrected chi connectivity index (χ0v) is 14.3. The first-order valence-electron chi connectivity index (χ1n) is 8.82. The number of carbonyl (C=O) groups is 1. The van der Waals surface area contributed by atoms with Crippen LogP contribution in [0.15, 0.2) is 0 Å². The second-order valence-electron chi connectivity index (χ2n) is 7.04. The topological polar surface area (TPSA) is 35.5 Å². The third-order valence-corrected chi connectivity index (χ3v) is 4.34. The van der Waals surface area contributed by atoms with E-state index in [1.54, 1.807) is 0 Å². The maximum atomic E-state index is 11.9. The molecule has 0 aromatic carbocycles. The Bertz CT molecular complexity index is 286. The molecule has 0 saturated carbocycles. The lowest BCUT2D eigenvalue weighted by atomic mass is 9.96. The molecule has 124 valence electrons. The highest BCUT2D eigenvalue weighted by molar-refractivity contribution is 5.71. The van der Waals surface area contributed by atoms with Crippen LogP contribution in [-0.2, 0) is 14.3 Å². The molecule has 3 nitrogen and oxygen atoms in total. The van der Waals surface area contributed by atoms with Gasteiger partial charge in [-0.2, -0.15) is 0 Å². The molecule has 3 heteroatoms. The SMILES string of the molecule is CC1CCCC(C)(C)OCCCCCCCCCOC1=O. The number of hydrogen-bond donors (Lipinski definition) is 0. The number of carbonyl (C=O) groups excluding carboxylic acids is 1. The molecule has 1 fully saturated rings. The van der Waals surface area contributed by atoms with E-state index in [-0.39, 0.29) is 17.5 Å². The van der Waals surface area contributed by atoms with E-state index in [1.165, 1.54) is 38.5 Å². The normalized spacial score (nSPS) is 27.6. The van der Waals surface area contributed by atoms with Gasteiger partial charge in [0.05, 0.1) is 18.1 Å². The van der Waals surface area contributed by atoms with Crippen molar-refractivity contribution in [2.24, 2.45) is 5.92 Å². The second-order valence-corrected chi connectivity index (χ2v) is 7.04. The van der Waals surface area contributed by atoms with Gasteiger partial charge in [0, 0.05) is 6.61 Å². The summed E-state index contributed by atoms with van der Waals surface area (Å²) in [5, 5.41) is 0. The highest BCUT2D eigenvalue weighted by Gasteiger charge is 2.20. The van der Waals surface area contributed by atoms with Crippen LogP contribution in [0.5, 0.6) is 0 Å². The first kappa shape index (κ1) is 18.5. The summed E-state index contributed by atoms with van der Waals surface area (Å²) in [6.07, 6.45) is 11.4. The summed E-state index contributed by atoms with van der Waals surface area (Å²) in [5.41, 5.74) is -0.0718. The number of esters is 1. The van der Waals surface area contributed by atoms with Crippen LogP contribution in [-0.4, -0.2) is 24.8 Å². The molecule has 0 bridgehead atoms. The Labute approximate surface area is 130 Å². The molecular formula is C18H34O3. The lowest BCUT2D eigenvalue weighted by molar-refractivity contribution is -0.148. The average Bonchev–Trinajstić information content (AvgIpc) is 2.43. The third kappa shape index (κ3) is 9.13. The second kappa shape index (κ2) is 10.2. The molecule has 0 radical (unpaired) electrons. The number of ether oxygens (including phenoxy) is 2. The fraction of sp³-hybridized carbons (Fsp3) is 0.944. The Balaban J connectivity index is 2.39. The van der Waals surface area contributed by atoms with Gasteiger partial charge in [-0.15, -0.1) is 0 Å². The van der Waals surface area contributed by atoms with E-state index < -0.39 is 0 Å². The van der Waals surface area contributed by atoms with Gasteiger partial charge in [-0.3, -0.25) is 4.79 Å². The van der Waals surface area contributed by atoms with Crippen LogP contribution in [0.1, 0.15) is 85.0 Å². The molecule has 0 N–H and O–H groups in total. The summed E-state index contributed by atoms with van der Waals surface area (Å²) in [4.78, 5) is 11.9. The summed E-state index contributed by atoms with van der Waals surface area (Å²) in [5.74, 6) is -0.0190. The molecular weight excluding hydrogens is 264 g/mol. The van der Waals surface area contributed by atoms with Crippen molar-refractivity contribution in [2.75, 3.05) is 13.2 Å². The first-order chi connectivity index (χ1) is 10.0. The number of hydrogen-bond acceptors (Lipinski definition) is 3. The quantitative estimate of drug-likeness (QED) is 0.598. The maximum absolute atomic E-state index is 11.9. The summed E-state index contributed by atoms with van der Waals surface area (Å²) in [6, 6.07) is 0. The molecule has 0 aromatic rings. The minimum absolute atomic E-state index is 0.0106. The third-order valence-electron chi connectivity index (χ3n) is 4.34. The molecule has 1 aliphatic rings. The van der Waals surface area contributed by atoms with Gasteiger partial charge >= 0.3 is 5.97 Å². The van der Waals surface area contributed by atoms with E-state index in [0.717, 1.165) is 32.3 Å². The van der Waals surface area contributed by atoms with Crippen molar-refractivity contribution in [2.45, 2.75) is 90.6 Å². The van der Waals surface area contributed by atoms with Crippen LogP contribution in [0.3, 0.4) is 0 Å². The average molecular weight is 298 g/mol. The minimum Gasteiger partial charge on any atom is -0.465 e. The lowest BCUT2D eigenvalue weighted by Gasteiger charge is -2.26. The molecule has 0 amide bonds. The van der Waals surface area contributed by atoms with Crippen LogP contribution < -0.4 is 0 Å². The van der Waals surface area contributed by atoms with Gasteiger partial charge in [0.25, 0.3) is 0 Å². The van der Waals surface area contributed by atoms with Crippen molar-refractivity contribution in [1.82, 2.24) is 0 Å². The summed E-state index contributed by atoms with van der Waals surface area (Å²) < 4.78 is 11.4. The zero-order valence-electron chi connectivity index (χ0n) is 14.3. The Kier molecular flexibility index (Phi) is 8.98. The number of rotatable bonds is 0. The van der Waals surface area contributed by atoms with Crippen molar-refractivity contribution < 1.29 is 14.3 Å². The zero-order chi connectivity index (χ0) is 15.6. The van der Waals surface area contributed by atoms with Crippen molar-refractivity contribution in [3.05, 3.63) is 0 Å². The van der Waals surface area contributed by atoms with Crippen LogP contribution in [0.25, 0.3) is 0 Å². The van der Waals surface area contributed by atoms with E-state index in [2.05, 4.69) is 13.8 Å². The molecule has 1 atom stereocenters. The van der Waals surface area contributed by atoms with Gasteiger partial charge in [0.15, 0.2) is 0 Å². The first-order valence-corrected chi connectivity index (χ1v) is 8.82. The van der Waals surface area contributed by atoms with Gasteiger partial charge in [0.1, 0.15) is 0 Å². The molecule has 0 spiro atoms. The largest absolute Gasteiger partial charge is 0.465 e. The van der Waals surface area contributed by atoms with Crippen LogP contribution in [0, 0.1) is 5.92 Å². The Morgan fingerprint density at radius 1 is 0.905 bits per heavy atom. The summed E-state index contributed by atoms with van der Waals surface area (Å²) in [7, 11) is 0. The molecule has 1 aliphatic heterocycles. The van der Waals surface area contributed by atoms with Gasteiger partial charge in [0.2, 0.25) is 0 Å². The van der Waals surface area contributed by atoms with E-state index in [4.69, 9.17) is 9.47 Å². The van der Waals surface area contributed by atoms with Gasteiger partial charge in [-0.05, 0) is 46.0 Å². The Morgan fingerprint density at radius 2 is 1.48 bits per heavy atom. The fourth-order valence-corrected chi connectivity index (χ4v) is 2.78. The predicted molar refractivity (Wildman–Crippen MR) is 86.3 cm³/mol. The molecule has 0 aromatic heterocycles. The molecule has 21 heavy (non-hydrogen) atoms. The van der Waals surface area contributed by atoms with Gasteiger partial charge in [-0.25, -0.2) is 0 Å². The molecule has 1 heterocycles. The van der Waals surface area contributed by atoms with Crippen molar-refractivity contribution in [3.8, 4) is 0 Å². The molecule has 1 rings (SSSR count). The summed E-state index contributed by atoms with van der Waals surface area (Å²) in [6.45, 7) is 7.75. The minimum atomic E-state index is -0.0718. The molecule has 1 saturated heterocycles. The van der Waals surface area contributed by atoms with Gasteiger partial charge < -0.3 is 9.47 Å². The number of cyclic esters (lactones) is 1. The van der Waals surface area contributed by atoms with Crippen molar-refractivity contribution in [1.29, 1.82) is 0 Å². The monoisotopic (exact) mass is 298 g/mol. The van der Waals surface area contributed by atoms with E-state index in [0.29, 0.717) is 6.61 Å². The highest BCUT2D eigenvalue weighted by Crippen LogP contribution is 2.21. The lowest BCUT2D eigenvalue weighted by Crippen LogP contribution is -2.25. The smallest absolute Gasteiger partial charge is 0.308 e. The Morgan fingerprint density at radius 3 is 2.14 bits per heavy atom. The Hall–Kier alpha value is -0.570.